The van der Waals surface area contributed by atoms with E-state index in [4.69, 9.17) is 0 Å². The van der Waals surface area contributed by atoms with Gasteiger partial charge in [0.05, 0.1) is 10.6 Å². The van der Waals surface area contributed by atoms with Crippen LogP contribution in [-0.4, -0.2) is 49.9 Å². The third kappa shape index (κ3) is 3.66. The van der Waals surface area contributed by atoms with Gasteiger partial charge in [0.1, 0.15) is 6.04 Å². The van der Waals surface area contributed by atoms with Crippen LogP contribution >= 0.6 is 0 Å². The highest BCUT2D eigenvalue weighted by molar-refractivity contribution is 7.92. The summed E-state index contributed by atoms with van der Waals surface area (Å²) in [6.45, 7) is 0.382. The quantitative estimate of drug-likeness (QED) is 0.847. The molecular weight excluding hydrogens is 368 g/mol. The molecule has 1 fully saturated rings. The van der Waals surface area contributed by atoms with Crippen molar-refractivity contribution in [3.05, 3.63) is 60.2 Å². The van der Waals surface area contributed by atoms with E-state index in [9.17, 15) is 23.1 Å². The number of rotatable bonds is 5. The normalized spacial score (nSPS) is 16.9. The number of hydrogen-bond donors (Lipinski definition) is 1. The number of benzene rings is 2. The summed E-state index contributed by atoms with van der Waals surface area (Å²) in [5.41, 5.74) is 0.795. The summed E-state index contributed by atoms with van der Waals surface area (Å²) in [4.78, 5) is 25.2. The van der Waals surface area contributed by atoms with Gasteiger partial charge in [-0.3, -0.25) is 9.10 Å². The summed E-state index contributed by atoms with van der Waals surface area (Å²) in [6, 6.07) is 13.4. The molecule has 0 bridgehead atoms. The molecule has 1 aliphatic rings. The molecule has 1 saturated heterocycles. The first-order valence-corrected chi connectivity index (χ1v) is 9.94. The molecule has 0 saturated carbocycles. The minimum atomic E-state index is -3.76. The summed E-state index contributed by atoms with van der Waals surface area (Å²) >= 11 is 0. The molecule has 1 atom stereocenters. The third-order valence-corrected chi connectivity index (χ3v) is 6.48. The van der Waals surface area contributed by atoms with Gasteiger partial charge in [-0.05, 0) is 49.2 Å². The molecule has 7 nitrogen and oxygen atoms in total. The number of sulfonamides is 1. The molecule has 1 aliphatic heterocycles. The minimum absolute atomic E-state index is 0.0570. The number of hydrogen-bond acceptors (Lipinski definition) is 4. The second kappa shape index (κ2) is 7.40. The second-order valence-electron chi connectivity index (χ2n) is 6.33. The lowest BCUT2D eigenvalue weighted by Gasteiger charge is -2.22. The van der Waals surface area contributed by atoms with Crippen LogP contribution in [0, 0.1) is 0 Å². The number of anilines is 1. The van der Waals surface area contributed by atoms with Gasteiger partial charge in [0.2, 0.25) is 0 Å². The van der Waals surface area contributed by atoms with Crippen LogP contribution in [0.5, 0.6) is 0 Å². The number of carbonyl (C=O) groups is 2. The highest BCUT2D eigenvalue weighted by Gasteiger charge is 2.34. The van der Waals surface area contributed by atoms with E-state index in [0.29, 0.717) is 25.1 Å². The van der Waals surface area contributed by atoms with Crippen molar-refractivity contribution < 1.29 is 23.1 Å². The van der Waals surface area contributed by atoms with Gasteiger partial charge < -0.3 is 10.0 Å². The maximum absolute atomic E-state index is 12.8. The highest BCUT2D eigenvalue weighted by Crippen LogP contribution is 2.24. The fourth-order valence-corrected chi connectivity index (χ4v) is 4.33. The molecule has 0 aromatic heterocycles. The van der Waals surface area contributed by atoms with E-state index in [-0.39, 0.29) is 10.5 Å². The molecule has 27 heavy (non-hydrogen) atoms. The van der Waals surface area contributed by atoms with Gasteiger partial charge in [-0.1, -0.05) is 18.2 Å². The molecular formula is C19H20N2O5S. The van der Waals surface area contributed by atoms with Crippen LogP contribution < -0.4 is 4.31 Å². The van der Waals surface area contributed by atoms with E-state index in [1.807, 2.05) is 0 Å². The summed E-state index contributed by atoms with van der Waals surface area (Å²) in [7, 11) is -2.30. The zero-order valence-electron chi connectivity index (χ0n) is 14.8. The van der Waals surface area contributed by atoms with Crippen LogP contribution in [0.2, 0.25) is 0 Å². The van der Waals surface area contributed by atoms with Gasteiger partial charge in [-0.15, -0.1) is 0 Å². The molecule has 0 aliphatic carbocycles. The van der Waals surface area contributed by atoms with Crippen LogP contribution in [0.25, 0.3) is 0 Å². The fraction of sp³-hybridized carbons (Fsp3) is 0.263. The van der Waals surface area contributed by atoms with Gasteiger partial charge in [0.25, 0.3) is 15.9 Å². The van der Waals surface area contributed by atoms with Crippen LogP contribution in [0.3, 0.4) is 0 Å². The van der Waals surface area contributed by atoms with Crippen molar-refractivity contribution in [1.82, 2.24) is 4.90 Å². The topological polar surface area (TPSA) is 95.0 Å². The Morgan fingerprint density at radius 1 is 1.07 bits per heavy atom. The lowest BCUT2D eigenvalue weighted by molar-refractivity contribution is -0.141. The van der Waals surface area contributed by atoms with Crippen molar-refractivity contribution in [2.75, 3.05) is 17.9 Å². The Hall–Kier alpha value is -2.87. The Kier molecular flexibility index (Phi) is 5.18. The van der Waals surface area contributed by atoms with Gasteiger partial charge in [-0.25, -0.2) is 13.2 Å². The Labute approximate surface area is 157 Å². The average molecular weight is 388 g/mol. The van der Waals surface area contributed by atoms with Gasteiger partial charge in [0, 0.05) is 19.2 Å². The monoisotopic (exact) mass is 388 g/mol. The maximum atomic E-state index is 12.8. The summed E-state index contributed by atoms with van der Waals surface area (Å²) in [6.07, 6.45) is 1.06. The van der Waals surface area contributed by atoms with Gasteiger partial charge in [-0.2, -0.15) is 0 Å². The van der Waals surface area contributed by atoms with Crippen molar-refractivity contribution in [2.45, 2.75) is 23.8 Å². The third-order valence-electron chi connectivity index (χ3n) is 4.68. The Balaban J connectivity index is 1.83. The molecule has 1 heterocycles. The fourth-order valence-electron chi connectivity index (χ4n) is 3.14. The number of likely N-dealkylation sites (tertiary alicyclic amines) is 1. The number of para-hydroxylation sites is 1. The van der Waals surface area contributed by atoms with Crippen molar-refractivity contribution in [2.24, 2.45) is 0 Å². The Morgan fingerprint density at radius 3 is 2.30 bits per heavy atom. The maximum Gasteiger partial charge on any atom is 0.326 e. The number of carboxylic acids is 1. The van der Waals surface area contributed by atoms with Crippen LogP contribution in [0.4, 0.5) is 5.69 Å². The summed E-state index contributed by atoms with van der Waals surface area (Å²) in [5.74, 6) is -1.43. The zero-order valence-corrected chi connectivity index (χ0v) is 15.6. The smallest absolute Gasteiger partial charge is 0.326 e. The molecule has 0 spiro atoms. The van der Waals surface area contributed by atoms with Crippen LogP contribution in [0.1, 0.15) is 23.2 Å². The van der Waals surface area contributed by atoms with E-state index < -0.39 is 27.9 Å². The highest BCUT2D eigenvalue weighted by atomic mass is 32.2. The minimum Gasteiger partial charge on any atom is -0.480 e. The SMILES string of the molecule is CN(c1ccccc1)S(=O)(=O)c1ccc(C(=O)N2CCC[C@@H]2C(=O)O)cc1. The predicted molar refractivity (Wildman–Crippen MR) is 100 cm³/mol. The second-order valence-corrected chi connectivity index (χ2v) is 8.30. The molecule has 2 aromatic carbocycles. The largest absolute Gasteiger partial charge is 0.480 e. The first-order valence-electron chi connectivity index (χ1n) is 8.50. The van der Waals surface area contributed by atoms with E-state index >= 15 is 0 Å². The Morgan fingerprint density at radius 2 is 1.70 bits per heavy atom. The van der Waals surface area contributed by atoms with Crippen molar-refractivity contribution >= 4 is 27.6 Å². The van der Waals surface area contributed by atoms with Crippen molar-refractivity contribution in [3.8, 4) is 0 Å². The lowest BCUT2D eigenvalue weighted by atomic mass is 10.1. The molecule has 1 N–H and O–H groups in total. The molecule has 3 rings (SSSR count). The number of aliphatic carboxylic acids is 1. The predicted octanol–water partition coefficient (Wildman–Crippen LogP) is 2.20. The van der Waals surface area contributed by atoms with E-state index in [2.05, 4.69) is 0 Å². The molecule has 2 aromatic rings. The molecule has 1 amide bonds. The van der Waals surface area contributed by atoms with E-state index in [1.54, 1.807) is 30.3 Å². The first-order chi connectivity index (χ1) is 12.8. The average Bonchev–Trinajstić information content (AvgIpc) is 3.18. The van der Waals surface area contributed by atoms with Crippen LogP contribution in [0.15, 0.2) is 59.5 Å². The van der Waals surface area contributed by atoms with Gasteiger partial charge >= 0.3 is 5.97 Å². The van der Waals surface area contributed by atoms with Gasteiger partial charge in [0.15, 0.2) is 0 Å². The number of carboxylic acid groups (broad SMARTS) is 1. The molecule has 0 unspecified atom stereocenters. The van der Waals surface area contributed by atoms with Crippen LogP contribution in [-0.2, 0) is 14.8 Å². The molecule has 142 valence electrons. The van der Waals surface area contributed by atoms with Crippen molar-refractivity contribution in [3.63, 3.8) is 0 Å². The standard InChI is InChI=1S/C19H20N2O5S/c1-20(15-6-3-2-4-7-15)27(25,26)16-11-9-14(10-12-16)18(22)21-13-5-8-17(21)19(23)24/h2-4,6-7,9-12,17H,5,8,13H2,1H3,(H,23,24)/t17-/m1/s1. The number of amides is 1. The van der Waals surface area contributed by atoms with E-state index in [0.717, 1.165) is 0 Å². The summed E-state index contributed by atoms with van der Waals surface area (Å²) in [5, 5.41) is 9.22. The number of carbonyl (C=O) groups excluding carboxylic acids is 1. The first kappa shape index (κ1) is 18.9. The zero-order chi connectivity index (χ0) is 19.6. The lowest BCUT2D eigenvalue weighted by Crippen LogP contribution is -2.40. The van der Waals surface area contributed by atoms with E-state index in [1.165, 1.54) is 40.5 Å². The molecule has 0 radical (unpaired) electrons. The summed E-state index contributed by atoms with van der Waals surface area (Å²) < 4.78 is 26.7. The van der Waals surface area contributed by atoms with Crippen molar-refractivity contribution in [1.29, 1.82) is 0 Å². The Bertz CT molecular complexity index is 942. The number of nitrogens with zero attached hydrogens (tertiary/aromatic N) is 2. The molecule has 8 heteroatoms.